The third kappa shape index (κ3) is 3.37. The molecule has 0 aromatic rings. The first-order chi connectivity index (χ1) is 10.3. The highest BCUT2D eigenvalue weighted by atomic mass is 16.5. The Bertz CT molecular complexity index is 396. The van der Waals surface area contributed by atoms with Crippen LogP contribution in [0.15, 0.2) is 0 Å². The molecule has 3 heterocycles. The van der Waals surface area contributed by atoms with Gasteiger partial charge in [0.1, 0.15) is 0 Å². The topological polar surface area (TPSA) is 61.9 Å². The van der Waals surface area contributed by atoms with Crippen molar-refractivity contribution >= 4 is 11.8 Å². The number of hydrogen-bond acceptors (Lipinski definition) is 4. The maximum Gasteiger partial charge on any atom is 0.236 e. The van der Waals surface area contributed by atoms with Crippen molar-refractivity contribution in [3.05, 3.63) is 0 Å². The van der Waals surface area contributed by atoms with Gasteiger partial charge in [-0.3, -0.25) is 9.59 Å². The number of hydrogen-bond donors (Lipinski definition) is 1. The van der Waals surface area contributed by atoms with Gasteiger partial charge in [-0.15, -0.1) is 0 Å². The Morgan fingerprint density at radius 1 is 1.24 bits per heavy atom. The molecule has 0 aliphatic carbocycles. The first-order valence-electron chi connectivity index (χ1n) is 8.12. The van der Waals surface area contributed by atoms with Gasteiger partial charge in [0.25, 0.3) is 0 Å². The van der Waals surface area contributed by atoms with E-state index in [-0.39, 0.29) is 23.8 Å². The average molecular weight is 295 g/mol. The van der Waals surface area contributed by atoms with Crippen molar-refractivity contribution in [1.82, 2.24) is 15.1 Å². The van der Waals surface area contributed by atoms with E-state index in [2.05, 4.69) is 5.32 Å². The number of ether oxygens (including phenoxy) is 1. The predicted octanol–water partition coefficient (Wildman–Crippen LogP) is -0.164. The summed E-state index contributed by atoms with van der Waals surface area (Å²) >= 11 is 0. The molecule has 0 bridgehead atoms. The standard InChI is InChI=1S/C15H25N3O3/c19-14-9-16-5-7-18(14)13-4-1-6-17(10-13)15(20)12-3-2-8-21-11-12/h12-13,16H,1-11H2. The highest BCUT2D eigenvalue weighted by Crippen LogP contribution is 2.22. The van der Waals surface area contributed by atoms with Crippen LogP contribution >= 0.6 is 0 Å². The van der Waals surface area contributed by atoms with Gasteiger partial charge in [0.15, 0.2) is 0 Å². The van der Waals surface area contributed by atoms with Crippen LogP contribution in [0.25, 0.3) is 0 Å². The average Bonchev–Trinajstić information content (AvgIpc) is 2.55. The van der Waals surface area contributed by atoms with Crippen molar-refractivity contribution in [3.63, 3.8) is 0 Å². The Kier molecular flexibility index (Phi) is 4.75. The van der Waals surface area contributed by atoms with E-state index in [0.717, 1.165) is 51.9 Å². The van der Waals surface area contributed by atoms with Crippen molar-refractivity contribution in [2.75, 3.05) is 45.9 Å². The fraction of sp³-hybridized carbons (Fsp3) is 0.867. The first kappa shape index (κ1) is 14.8. The minimum atomic E-state index is 0.0243. The molecule has 3 aliphatic heterocycles. The Labute approximate surface area is 125 Å². The highest BCUT2D eigenvalue weighted by molar-refractivity contribution is 5.80. The summed E-state index contributed by atoms with van der Waals surface area (Å²) in [6.07, 6.45) is 3.91. The Morgan fingerprint density at radius 3 is 2.90 bits per heavy atom. The molecule has 118 valence electrons. The zero-order chi connectivity index (χ0) is 14.7. The van der Waals surface area contributed by atoms with Crippen LogP contribution in [0, 0.1) is 5.92 Å². The van der Waals surface area contributed by atoms with Crippen LogP contribution in [0.1, 0.15) is 25.7 Å². The molecule has 21 heavy (non-hydrogen) atoms. The molecule has 3 rings (SSSR count). The lowest BCUT2D eigenvalue weighted by Crippen LogP contribution is -2.58. The molecule has 6 nitrogen and oxygen atoms in total. The molecule has 6 heteroatoms. The van der Waals surface area contributed by atoms with E-state index in [1.807, 2.05) is 9.80 Å². The molecule has 0 aromatic carbocycles. The molecule has 3 fully saturated rings. The maximum absolute atomic E-state index is 12.6. The van der Waals surface area contributed by atoms with Crippen LogP contribution in [-0.2, 0) is 14.3 Å². The Hall–Kier alpha value is -1.14. The molecule has 1 N–H and O–H groups in total. The highest BCUT2D eigenvalue weighted by Gasteiger charge is 2.34. The Balaban J connectivity index is 1.59. The van der Waals surface area contributed by atoms with Crippen molar-refractivity contribution in [2.45, 2.75) is 31.7 Å². The summed E-state index contributed by atoms with van der Waals surface area (Å²) in [6.45, 7) is 4.91. The van der Waals surface area contributed by atoms with Gasteiger partial charge < -0.3 is 19.9 Å². The fourth-order valence-electron chi connectivity index (χ4n) is 3.61. The van der Waals surface area contributed by atoms with Gasteiger partial charge in [-0.2, -0.15) is 0 Å². The lowest BCUT2D eigenvalue weighted by molar-refractivity contribution is -0.145. The molecule has 0 radical (unpaired) electrons. The Morgan fingerprint density at radius 2 is 2.14 bits per heavy atom. The maximum atomic E-state index is 12.6. The molecule has 0 aromatic heterocycles. The number of nitrogens with one attached hydrogen (secondary N) is 1. The van der Waals surface area contributed by atoms with Crippen molar-refractivity contribution in [3.8, 4) is 0 Å². The molecular formula is C15H25N3O3. The molecule has 0 saturated carbocycles. The number of nitrogens with zero attached hydrogens (tertiary/aromatic N) is 2. The summed E-state index contributed by atoms with van der Waals surface area (Å²) in [5.41, 5.74) is 0. The van der Waals surface area contributed by atoms with E-state index in [0.29, 0.717) is 19.7 Å². The molecule has 2 unspecified atom stereocenters. The lowest BCUT2D eigenvalue weighted by Gasteiger charge is -2.42. The summed E-state index contributed by atoms with van der Waals surface area (Å²) in [6, 6.07) is 0.196. The summed E-state index contributed by atoms with van der Waals surface area (Å²) in [7, 11) is 0. The summed E-state index contributed by atoms with van der Waals surface area (Å²) in [5.74, 6) is 0.416. The van der Waals surface area contributed by atoms with Crippen molar-refractivity contribution in [1.29, 1.82) is 0 Å². The number of carbonyl (C=O) groups is 2. The van der Waals surface area contributed by atoms with Crippen LogP contribution < -0.4 is 5.32 Å². The molecule has 2 amide bonds. The predicted molar refractivity (Wildman–Crippen MR) is 77.7 cm³/mol. The number of likely N-dealkylation sites (tertiary alicyclic amines) is 1. The third-order valence-corrected chi connectivity index (χ3v) is 4.78. The second-order valence-corrected chi connectivity index (χ2v) is 6.26. The molecule has 2 atom stereocenters. The van der Waals surface area contributed by atoms with E-state index in [1.165, 1.54) is 0 Å². The van der Waals surface area contributed by atoms with E-state index in [9.17, 15) is 9.59 Å². The fourth-order valence-corrected chi connectivity index (χ4v) is 3.61. The zero-order valence-corrected chi connectivity index (χ0v) is 12.6. The van der Waals surface area contributed by atoms with Gasteiger partial charge in [0, 0.05) is 38.8 Å². The van der Waals surface area contributed by atoms with Crippen molar-refractivity contribution in [2.24, 2.45) is 5.92 Å². The smallest absolute Gasteiger partial charge is 0.236 e. The van der Waals surface area contributed by atoms with Crippen LogP contribution in [0.3, 0.4) is 0 Å². The molecule has 0 spiro atoms. The van der Waals surface area contributed by atoms with Gasteiger partial charge in [-0.1, -0.05) is 0 Å². The largest absolute Gasteiger partial charge is 0.381 e. The van der Waals surface area contributed by atoms with E-state index in [4.69, 9.17) is 4.74 Å². The molecular weight excluding hydrogens is 270 g/mol. The van der Waals surface area contributed by atoms with Crippen LogP contribution in [-0.4, -0.2) is 73.6 Å². The second kappa shape index (κ2) is 6.75. The van der Waals surface area contributed by atoms with Crippen LogP contribution in [0.4, 0.5) is 0 Å². The summed E-state index contributed by atoms with van der Waals surface area (Å²) in [4.78, 5) is 28.5. The van der Waals surface area contributed by atoms with Gasteiger partial charge >= 0.3 is 0 Å². The third-order valence-electron chi connectivity index (χ3n) is 4.78. The second-order valence-electron chi connectivity index (χ2n) is 6.26. The number of rotatable bonds is 2. The first-order valence-corrected chi connectivity index (χ1v) is 8.12. The van der Waals surface area contributed by atoms with E-state index >= 15 is 0 Å². The zero-order valence-electron chi connectivity index (χ0n) is 12.6. The van der Waals surface area contributed by atoms with Gasteiger partial charge in [0.2, 0.25) is 11.8 Å². The minimum Gasteiger partial charge on any atom is -0.381 e. The van der Waals surface area contributed by atoms with Crippen molar-refractivity contribution < 1.29 is 14.3 Å². The molecule has 3 saturated heterocycles. The number of piperidine rings is 1. The quantitative estimate of drug-likeness (QED) is 0.769. The van der Waals surface area contributed by atoms with E-state index in [1.54, 1.807) is 0 Å². The van der Waals surface area contributed by atoms with Crippen LogP contribution in [0.5, 0.6) is 0 Å². The number of carbonyl (C=O) groups excluding carboxylic acids is 2. The number of amides is 2. The van der Waals surface area contributed by atoms with E-state index < -0.39 is 0 Å². The summed E-state index contributed by atoms with van der Waals surface area (Å²) < 4.78 is 5.43. The SMILES string of the molecule is O=C(C1CCCOC1)N1CCCC(N2CCNCC2=O)C1. The van der Waals surface area contributed by atoms with Crippen LogP contribution in [0.2, 0.25) is 0 Å². The minimum absolute atomic E-state index is 0.0243. The summed E-state index contributed by atoms with van der Waals surface area (Å²) in [5, 5.41) is 3.10. The van der Waals surface area contributed by atoms with Gasteiger partial charge in [0.05, 0.1) is 19.1 Å². The lowest BCUT2D eigenvalue weighted by atomic mass is 9.97. The number of piperazine rings is 1. The van der Waals surface area contributed by atoms with Gasteiger partial charge in [-0.05, 0) is 25.7 Å². The normalized spacial score (nSPS) is 31.3. The monoisotopic (exact) mass is 295 g/mol. The van der Waals surface area contributed by atoms with Gasteiger partial charge in [-0.25, -0.2) is 0 Å². The molecule has 3 aliphatic rings.